The van der Waals surface area contributed by atoms with Gasteiger partial charge in [0, 0.05) is 25.0 Å². The third-order valence-corrected chi connectivity index (χ3v) is 6.59. The lowest BCUT2D eigenvalue weighted by molar-refractivity contribution is -0.153. The number of aliphatic hydroxyl groups excluding tert-OH is 1. The first kappa shape index (κ1) is 35.3. The Morgan fingerprint density at radius 3 is 2.22 bits per heavy atom. The first-order valence-electron chi connectivity index (χ1n) is 15.1. The molecule has 242 valence electrons. The monoisotopic (exact) mass is 618 g/mol. The number of esters is 1. The van der Waals surface area contributed by atoms with Crippen LogP contribution in [0.15, 0.2) is 66.7 Å². The number of hydrogen-bond donors (Lipinski definition) is 3. The van der Waals surface area contributed by atoms with Crippen LogP contribution in [0.5, 0.6) is 0 Å². The molecule has 0 fully saturated rings. The molecule has 0 heterocycles. The number of para-hydroxylation sites is 1. The highest BCUT2D eigenvalue weighted by Crippen LogP contribution is 2.28. The fourth-order valence-corrected chi connectivity index (χ4v) is 4.70. The highest BCUT2D eigenvalue weighted by Gasteiger charge is 2.22. The molecule has 2 amide bonds. The van der Waals surface area contributed by atoms with E-state index in [0.29, 0.717) is 35.4 Å². The molecule has 0 aliphatic carbocycles. The lowest BCUT2D eigenvalue weighted by atomic mass is 9.95. The van der Waals surface area contributed by atoms with Gasteiger partial charge in [0.1, 0.15) is 11.2 Å². The average Bonchev–Trinajstić information content (AvgIpc) is 2.95. The molecule has 0 aliphatic rings. The van der Waals surface area contributed by atoms with E-state index in [4.69, 9.17) is 14.2 Å². The Hall–Kier alpha value is -4.21. The van der Waals surface area contributed by atoms with Crippen LogP contribution in [-0.4, -0.2) is 54.6 Å². The van der Waals surface area contributed by atoms with Gasteiger partial charge in [-0.15, -0.1) is 0 Å². The molecule has 0 saturated heterocycles. The Bertz CT molecular complexity index is 1470. The van der Waals surface area contributed by atoms with Crippen molar-refractivity contribution in [1.82, 2.24) is 5.32 Å². The minimum absolute atomic E-state index is 0.0200. The van der Waals surface area contributed by atoms with Gasteiger partial charge in [-0.05, 0) is 106 Å². The predicted octanol–water partition coefficient (Wildman–Crippen LogP) is 6.63. The Kier molecular flexibility index (Phi) is 12.3. The lowest BCUT2D eigenvalue weighted by Gasteiger charge is -2.23. The van der Waals surface area contributed by atoms with Crippen LogP contribution in [0, 0.1) is 0 Å². The molecule has 1 atom stereocenters. The van der Waals surface area contributed by atoms with Crippen LogP contribution in [0.25, 0.3) is 11.1 Å². The number of carbonyl (C=O) groups excluding carboxylic acids is 3. The third-order valence-electron chi connectivity index (χ3n) is 6.59. The summed E-state index contributed by atoms with van der Waals surface area (Å²) in [7, 11) is 1.65. The van der Waals surface area contributed by atoms with Crippen molar-refractivity contribution >= 4 is 23.7 Å². The summed E-state index contributed by atoms with van der Waals surface area (Å²) in [5.41, 5.74) is 3.58. The van der Waals surface area contributed by atoms with Gasteiger partial charge >= 0.3 is 12.1 Å². The van der Waals surface area contributed by atoms with Crippen LogP contribution in [0.3, 0.4) is 0 Å². The molecule has 9 heteroatoms. The first-order chi connectivity index (χ1) is 21.2. The van der Waals surface area contributed by atoms with E-state index < -0.39 is 23.3 Å². The number of amides is 2. The van der Waals surface area contributed by atoms with Gasteiger partial charge in [0.15, 0.2) is 0 Å². The van der Waals surface area contributed by atoms with Crippen molar-refractivity contribution in [3.63, 3.8) is 0 Å². The van der Waals surface area contributed by atoms with E-state index in [1.54, 1.807) is 52.1 Å². The van der Waals surface area contributed by atoms with Crippen molar-refractivity contribution < 1.29 is 33.7 Å². The number of methoxy groups -OCH3 is 1. The predicted molar refractivity (Wildman–Crippen MR) is 175 cm³/mol. The van der Waals surface area contributed by atoms with Gasteiger partial charge in [-0.3, -0.25) is 9.59 Å². The minimum atomic E-state index is -0.686. The van der Waals surface area contributed by atoms with Crippen molar-refractivity contribution in [3.8, 4) is 11.1 Å². The Morgan fingerprint density at radius 1 is 0.844 bits per heavy atom. The van der Waals surface area contributed by atoms with Crippen LogP contribution >= 0.6 is 0 Å². The van der Waals surface area contributed by atoms with Crippen LogP contribution in [0.1, 0.15) is 81.1 Å². The molecule has 0 aliphatic heterocycles. The van der Waals surface area contributed by atoms with Gasteiger partial charge in [-0.2, -0.15) is 0 Å². The maximum absolute atomic E-state index is 13.7. The Morgan fingerprint density at radius 2 is 1.56 bits per heavy atom. The number of anilines is 1. The summed E-state index contributed by atoms with van der Waals surface area (Å²) in [4.78, 5) is 38.6. The second-order valence-electron chi connectivity index (χ2n) is 12.9. The van der Waals surface area contributed by atoms with Crippen molar-refractivity contribution in [2.45, 2.75) is 78.0 Å². The van der Waals surface area contributed by atoms with Gasteiger partial charge in [0.05, 0.1) is 19.1 Å². The van der Waals surface area contributed by atoms with Gasteiger partial charge in [-0.1, -0.05) is 42.5 Å². The molecule has 9 nitrogen and oxygen atoms in total. The molecule has 3 aromatic rings. The van der Waals surface area contributed by atoms with Gasteiger partial charge in [0.25, 0.3) is 5.91 Å². The number of carbonyl (C=O) groups is 3. The second-order valence-corrected chi connectivity index (χ2v) is 12.9. The van der Waals surface area contributed by atoms with Crippen molar-refractivity contribution in [3.05, 3.63) is 89.0 Å². The quantitative estimate of drug-likeness (QED) is 0.154. The summed E-state index contributed by atoms with van der Waals surface area (Å²) in [6.07, 6.45) is 0.854. The summed E-state index contributed by atoms with van der Waals surface area (Å²) in [5.74, 6) is -0.702. The molecule has 0 aromatic heterocycles. The molecule has 0 radical (unpaired) electrons. The molecular weight excluding hydrogens is 572 g/mol. The van der Waals surface area contributed by atoms with Gasteiger partial charge in [0.2, 0.25) is 0 Å². The minimum Gasteiger partial charge on any atom is -0.460 e. The maximum atomic E-state index is 13.7. The van der Waals surface area contributed by atoms with E-state index >= 15 is 0 Å². The third kappa shape index (κ3) is 11.7. The topological polar surface area (TPSA) is 123 Å². The van der Waals surface area contributed by atoms with E-state index in [9.17, 15) is 19.5 Å². The second kappa shape index (κ2) is 15.7. The van der Waals surface area contributed by atoms with E-state index in [1.807, 2.05) is 63.2 Å². The fraction of sp³-hybridized carbons (Fsp3) is 0.417. The molecule has 0 bridgehead atoms. The number of hydrogen-bond acceptors (Lipinski definition) is 7. The summed E-state index contributed by atoms with van der Waals surface area (Å²) in [6, 6.07) is 19.6. The highest BCUT2D eigenvalue weighted by atomic mass is 16.6. The van der Waals surface area contributed by atoms with Crippen molar-refractivity contribution in [1.29, 1.82) is 0 Å². The standard InChI is InChI=1S/C36H46N2O7/c1-35(2,3)44-32(40)22-27-13-8-9-16-30(27)37-33(41)29-19-24(12-11-17-43-7)18-28(21-29)25-14-10-15-26(20-25)31(23-39)38-34(42)45-36(4,5)6/h8-10,13-16,18-21,31,39H,11-12,17,22-23H2,1-7H3,(H,37,41)(H,38,42)/t31-/m1/s1. The SMILES string of the molecule is COCCCc1cc(C(=O)Nc2ccccc2CC(=O)OC(C)(C)C)cc(-c2cccc([C@@H](CO)NC(=O)OC(C)(C)C)c2)c1. The van der Waals surface area contributed by atoms with Crippen molar-refractivity contribution in [2.75, 3.05) is 25.6 Å². The van der Waals surface area contributed by atoms with E-state index in [1.165, 1.54) is 0 Å². The fourth-order valence-electron chi connectivity index (χ4n) is 4.70. The van der Waals surface area contributed by atoms with Crippen LogP contribution < -0.4 is 10.6 Å². The normalized spacial score (nSPS) is 12.3. The molecule has 3 rings (SSSR count). The van der Waals surface area contributed by atoms with Gasteiger partial charge in [-0.25, -0.2) is 4.79 Å². The van der Waals surface area contributed by atoms with Crippen molar-refractivity contribution in [2.24, 2.45) is 0 Å². The number of aryl methyl sites for hydroxylation is 1. The summed E-state index contributed by atoms with van der Waals surface area (Å²) >= 11 is 0. The first-order valence-corrected chi connectivity index (χ1v) is 15.1. The number of aliphatic hydroxyl groups is 1. The lowest BCUT2D eigenvalue weighted by Crippen LogP contribution is -2.36. The molecule has 3 N–H and O–H groups in total. The van der Waals surface area contributed by atoms with Crippen LogP contribution in [0.2, 0.25) is 0 Å². The Balaban J connectivity index is 1.92. The van der Waals surface area contributed by atoms with E-state index in [0.717, 1.165) is 23.1 Å². The Labute approximate surface area is 266 Å². The molecule has 45 heavy (non-hydrogen) atoms. The number of nitrogens with one attached hydrogen (secondary N) is 2. The molecule has 0 spiro atoms. The smallest absolute Gasteiger partial charge is 0.408 e. The van der Waals surface area contributed by atoms with Crippen LogP contribution in [0.4, 0.5) is 10.5 Å². The molecule has 0 saturated carbocycles. The zero-order valence-corrected chi connectivity index (χ0v) is 27.4. The van der Waals surface area contributed by atoms with E-state index in [-0.39, 0.29) is 24.9 Å². The van der Waals surface area contributed by atoms with Crippen LogP contribution in [-0.2, 0) is 31.8 Å². The zero-order valence-electron chi connectivity index (χ0n) is 27.4. The molecule has 0 unspecified atom stereocenters. The zero-order chi connectivity index (χ0) is 33.2. The highest BCUT2D eigenvalue weighted by molar-refractivity contribution is 6.05. The largest absolute Gasteiger partial charge is 0.460 e. The number of alkyl carbamates (subject to hydrolysis) is 1. The summed E-state index contributed by atoms with van der Waals surface area (Å²) in [5, 5.41) is 15.8. The molecule has 3 aromatic carbocycles. The van der Waals surface area contributed by atoms with E-state index in [2.05, 4.69) is 10.6 Å². The average molecular weight is 619 g/mol. The summed E-state index contributed by atoms with van der Waals surface area (Å²) in [6.45, 7) is 11.0. The maximum Gasteiger partial charge on any atom is 0.408 e. The molecular formula is C36H46N2O7. The number of ether oxygens (including phenoxy) is 3. The summed E-state index contributed by atoms with van der Waals surface area (Å²) < 4.78 is 16.1. The van der Waals surface area contributed by atoms with Gasteiger partial charge < -0.3 is 30.0 Å². The number of benzene rings is 3. The number of rotatable bonds is 12.